The third kappa shape index (κ3) is 5.98. The first-order valence-corrected chi connectivity index (χ1v) is 11.6. The molecule has 0 aliphatic heterocycles. The van der Waals surface area contributed by atoms with Gasteiger partial charge in [-0.25, -0.2) is 4.98 Å². The minimum absolute atomic E-state index is 0.0934. The lowest BCUT2D eigenvalue weighted by Gasteiger charge is -2.11. The Bertz CT molecular complexity index is 1170. The van der Waals surface area contributed by atoms with Crippen LogP contribution in [0, 0.1) is 0 Å². The lowest BCUT2D eigenvalue weighted by molar-refractivity contribution is 0.0954. The monoisotopic (exact) mass is 442 g/mol. The number of carbonyl (C=O) groups excluding carboxylic acids is 1. The number of carbonyl (C=O) groups is 1. The van der Waals surface area contributed by atoms with Crippen LogP contribution in [0.3, 0.4) is 0 Å². The molecule has 0 unspecified atom stereocenters. The number of aromatic nitrogens is 3. The van der Waals surface area contributed by atoms with Crippen LogP contribution in [0.1, 0.15) is 41.5 Å². The first-order chi connectivity index (χ1) is 16.2. The lowest BCUT2D eigenvalue weighted by Crippen LogP contribution is -2.26. The summed E-state index contributed by atoms with van der Waals surface area (Å²) in [5.41, 5.74) is 4.05. The molecule has 0 aliphatic rings. The molecule has 2 aromatic heterocycles. The number of nitrogens with zero attached hydrogens (tertiary/aromatic N) is 3. The first-order valence-electron chi connectivity index (χ1n) is 11.6. The third-order valence-electron chi connectivity index (χ3n) is 5.69. The molecule has 33 heavy (non-hydrogen) atoms. The molecule has 1 N–H and O–H groups in total. The second-order valence-corrected chi connectivity index (χ2v) is 7.96. The second kappa shape index (κ2) is 11.3. The minimum atomic E-state index is -0.0934. The van der Waals surface area contributed by atoms with Crippen molar-refractivity contribution in [2.75, 3.05) is 13.2 Å². The van der Waals surface area contributed by atoms with Gasteiger partial charge in [0.2, 0.25) is 0 Å². The molecule has 0 saturated heterocycles. The minimum Gasteiger partial charge on any atom is -0.494 e. The quantitative estimate of drug-likeness (QED) is 0.338. The van der Waals surface area contributed by atoms with Gasteiger partial charge in [-0.1, -0.05) is 31.2 Å². The van der Waals surface area contributed by atoms with Crippen LogP contribution in [-0.4, -0.2) is 33.6 Å². The number of fused-ring (bicyclic) bond motifs is 1. The van der Waals surface area contributed by atoms with Gasteiger partial charge in [-0.05, 0) is 61.2 Å². The molecule has 4 rings (SSSR count). The van der Waals surface area contributed by atoms with E-state index in [0.717, 1.165) is 48.4 Å². The van der Waals surface area contributed by atoms with E-state index in [1.54, 1.807) is 24.5 Å². The normalized spacial score (nSPS) is 10.9. The number of nitrogens with one attached hydrogen (secondary N) is 1. The number of pyridine rings is 1. The number of imidazole rings is 1. The van der Waals surface area contributed by atoms with Crippen molar-refractivity contribution in [2.45, 2.75) is 39.2 Å². The Kier molecular flexibility index (Phi) is 7.69. The summed E-state index contributed by atoms with van der Waals surface area (Å²) in [6.07, 6.45) is 6.90. The molecule has 6 heteroatoms. The van der Waals surface area contributed by atoms with E-state index < -0.39 is 0 Å². The van der Waals surface area contributed by atoms with Gasteiger partial charge >= 0.3 is 0 Å². The predicted molar refractivity (Wildman–Crippen MR) is 131 cm³/mol. The van der Waals surface area contributed by atoms with Gasteiger partial charge in [-0.15, -0.1) is 0 Å². The fourth-order valence-electron chi connectivity index (χ4n) is 3.84. The molecule has 2 heterocycles. The number of amides is 1. The van der Waals surface area contributed by atoms with E-state index in [9.17, 15) is 4.79 Å². The molecule has 0 fully saturated rings. The van der Waals surface area contributed by atoms with E-state index in [-0.39, 0.29) is 5.91 Å². The van der Waals surface area contributed by atoms with E-state index in [1.807, 2.05) is 30.3 Å². The van der Waals surface area contributed by atoms with Crippen molar-refractivity contribution in [3.8, 4) is 5.75 Å². The Morgan fingerprint density at radius 3 is 2.58 bits per heavy atom. The van der Waals surface area contributed by atoms with Crippen LogP contribution >= 0.6 is 0 Å². The molecule has 0 atom stereocenters. The van der Waals surface area contributed by atoms with Gasteiger partial charge in [0.25, 0.3) is 5.91 Å². The van der Waals surface area contributed by atoms with Crippen LogP contribution in [0.2, 0.25) is 0 Å². The van der Waals surface area contributed by atoms with Crippen molar-refractivity contribution in [2.24, 2.45) is 0 Å². The SMILES string of the molecule is CCc1ccc(OCCCCn2c(CCNC(=O)c3ccncc3)nc3ccccc32)cc1. The summed E-state index contributed by atoms with van der Waals surface area (Å²) in [6, 6.07) is 19.9. The highest BCUT2D eigenvalue weighted by Crippen LogP contribution is 2.18. The van der Waals surface area contributed by atoms with Gasteiger partial charge in [0, 0.05) is 37.5 Å². The van der Waals surface area contributed by atoms with E-state index >= 15 is 0 Å². The van der Waals surface area contributed by atoms with E-state index in [0.29, 0.717) is 25.1 Å². The average molecular weight is 443 g/mol. The van der Waals surface area contributed by atoms with Crippen LogP contribution in [-0.2, 0) is 19.4 Å². The summed E-state index contributed by atoms with van der Waals surface area (Å²) < 4.78 is 8.17. The third-order valence-corrected chi connectivity index (χ3v) is 5.69. The molecule has 4 aromatic rings. The first kappa shape index (κ1) is 22.5. The molecule has 0 bridgehead atoms. The Morgan fingerprint density at radius 2 is 1.79 bits per heavy atom. The topological polar surface area (TPSA) is 69.0 Å². The van der Waals surface area contributed by atoms with Crippen LogP contribution < -0.4 is 10.1 Å². The molecule has 6 nitrogen and oxygen atoms in total. The molecule has 0 saturated carbocycles. The molecule has 0 spiro atoms. The molecule has 0 aliphatic carbocycles. The smallest absolute Gasteiger partial charge is 0.251 e. The number of hydrogen-bond donors (Lipinski definition) is 1. The van der Waals surface area contributed by atoms with Crippen LogP contribution in [0.4, 0.5) is 0 Å². The van der Waals surface area contributed by atoms with E-state index in [1.165, 1.54) is 5.56 Å². The standard InChI is InChI=1S/C27H30N4O2/c1-2-21-9-11-23(12-10-21)33-20-6-5-19-31-25-8-4-3-7-24(25)30-26(31)15-18-29-27(32)22-13-16-28-17-14-22/h3-4,7-14,16-17H,2,5-6,15,18-20H2,1H3,(H,29,32). The Morgan fingerprint density at radius 1 is 1.00 bits per heavy atom. The molecular formula is C27H30N4O2. The van der Waals surface area contributed by atoms with Gasteiger partial charge < -0.3 is 14.6 Å². The number of benzene rings is 2. The number of unbranched alkanes of at least 4 members (excludes halogenated alkanes) is 1. The Labute approximate surface area is 194 Å². The molecule has 1 amide bonds. The number of rotatable bonds is 11. The van der Waals surface area contributed by atoms with E-state index in [2.05, 4.69) is 40.0 Å². The number of ether oxygens (including phenoxy) is 1. The van der Waals surface area contributed by atoms with Crippen molar-refractivity contribution in [1.82, 2.24) is 19.9 Å². The van der Waals surface area contributed by atoms with Crippen molar-refractivity contribution in [3.05, 3.63) is 90.0 Å². The number of aryl methyl sites for hydroxylation is 2. The summed E-state index contributed by atoms with van der Waals surface area (Å²) in [7, 11) is 0. The Hall–Kier alpha value is -3.67. The fourth-order valence-corrected chi connectivity index (χ4v) is 3.84. The number of hydrogen-bond acceptors (Lipinski definition) is 4. The molecule has 170 valence electrons. The van der Waals surface area contributed by atoms with Gasteiger partial charge in [-0.2, -0.15) is 0 Å². The summed E-state index contributed by atoms with van der Waals surface area (Å²) in [6.45, 7) is 4.24. The van der Waals surface area contributed by atoms with Crippen molar-refractivity contribution >= 4 is 16.9 Å². The number of para-hydroxylation sites is 2. The van der Waals surface area contributed by atoms with Gasteiger partial charge in [0.15, 0.2) is 0 Å². The van der Waals surface area contributed by atoms with Crippen LogP contribution in [0.5, 0.6) is 5.75 Å². The summed E-state index contributed by atoms with van der Waals surface area (Å²) in [4.78, 5) is 21.1. The van der Waals surface area contributed by atoms with Crippen molar-refractivity contribution in [1.29, 1.82) is 0 Å². The van der Waals surface area contributed by atoms with Crippen molar-refractivity contribution < 1.29 is 9.53 Å². The predicted octanol–water partition coefficient (Wildman–Crippen LogP) is 4.83. The zero-order valence-electron chi connectivity index (χ0n) is 19.0. The van der Waals surface area contributed by atoms with Crippen LogP contribution in [0.25, 0.3) is 11.0 Å². The molecular weight excluding hydrogens is 412 g/mol. The Balaban J connectivity index is 1.31. The fraction of sp³-hybridized carbons (Fsp3) is 0.296. The summed E-state index contributed by atoms with van der Waals surface area (Å²) in [5, 5.41) is 2.98. The summed E-state index contributed by atoms with van der Waals surface area (Å²) >= 11 is 0. The van der Waals surface area contributed by atoms with Gasteiger partial charge in [0.1, 0.15) is 11.6 Å². The maximum Gasteiger partial charge on any atom is 0.251 e. The zero-order chi connectivity index (χ0) is 22.9. The molecule has 2 aromatic carbocycles. The maximum absolute atomic E-state index is 12.3. The summed E-state index contributed by atoms with van der Waals surface area (Å²) in [5.74, 6) is 1.82. The zero-order valence-corrected chi connectivity index (χ0v) is 19.0. The largest absolute Gasteiger partial charge is 0.494 e. The lowest BCUT2D eigenvalue weighted by atomic mass is 10.2. The van der Waals surface area contributed by atoms with Gasteiger partial charge in [-0.3, -0.25) is 9.78 Å². The molecule has 0 radical (unpaired) electrons. The highest BCUT2D eigenvalue weighted by molar-refractivity contribution is 5.93. The average Bonchev–Trinajstić information content (AvgIpc) is 3.22. The van der Waals surface area contributed by atoms with Gasteiger partial charge in [0.05, 0.1) is 17.6 Å². The second-order valence-electron chi connectivity index (χ2n) is 7.96. The van der Waals surface area contributed by atoms with E-state index in [4.69, 9.17) is 9.72 Å². The van der Waals surface area contributed by atoms with Crippen molar-refractivity contribution in [3.63, 3.8) is 0 Å². The highest BCUT2D eigenvalue weighted by atomic mass is 16.5. The maximum atomic E-state index is 12.3. The van der Waals surface area contributed by atoms with Crippen LogP contribution in [0.15, 0.2) is 73.1 Å². The highest BCUT2D eigenvalue weighted by Gasteiger charge is 2.11.